The van der Waals surface area contributed by atoms with Crippen LogP contribution in [0.5, 0.6) is 0 Å². The number of primary amides is 1. The molecule has 0 aliphatic carbocycles. The molecule has 2 aromatic rings. The van der Waals surface area contributed by atoms with Crippen LogP contribution in [0.1, 0.15) is 10.5 Å². The van der Waals surface area contributed by atoms with Gasteiger partial charge in [0.1, 0.15) is 10.7 Å². The molecule has 0 bridgehead atoms. The minimum atomic E-state index is -0.467. The summed E-state index contributed by atoms with van der Waals surface area (Å²) in [6.45, 7) is 0. The molecule has 5 heteroatoms. The Kier molecular flexibility index (Phi) is 1.86. The quantitative estimate of drug-likeness (QED) is 0.774. The first kappa shape index (κ1) is 8.00. The van der Waals surface area contributed by atoms with Crippen molar-refractivity contribution in [3.8, 4) is 5.00 Å². The summed E-state index contributed by atoms with van der Waals surface area (Å²) in [6.07, 6.45) is 1.56. The summed E-state index contributed by atoms with van der Waals surface area (Å²) in [6, 6.07) is 5.37. The maximum Gasteiger partial charge on any atom is 0.267 e. The second kappa shape index (κ2) is 3.02. The molecule has 2 N–H and O–H groups in total. The number of carbonyl (C=O) groups is 1. The third-order valence-corrected chi connectivity index (χ3v) is 2.45. The van der Waals surface area contributed by atoms with Crippen molar-refractivity contribution in [1.82, 2.24) is 9.78 Å². The van der Waals surface area contributed by atoms with E-state index in [1.807, 2.05) is 17.5 Å². The zero-order chi connectivity index (χ0) is 9.26. The molecule has 0 aromatic carbocycles. The molecule has 2 rings (SSSR count). The van der Waals surface area contributed by atoms with Gasteiger partial charge in [-0.05, 0) is 23.6 Å². The second-order valence-electron chi connectivity index (χ2n) is 2.44. The summed E-state index contributed by atoms with van der Waals surface area (Å²) in [4.78, 5) is 10.9. The summed E-state index contributed by atoms with van der Waals surface area (Å²) in [5.41, 5.74) is 5.58. The molecule has 0 saturated heterocycles. The molecule has 0 saturated carbocycles. The van der Waals surface area contributed by atoms with Gasteiger partial charge in [0, 0.05) is 0 Å². The van der Waals surface area contributed by atoms with E-state index in [-0.39, 0.29) is 0 Å². The molecule has 66 valence electrons. The van der Waals surface area contributed by atoms with Crippen LogP contribution in [0.2, 0.25) is 0 Å². The predicted octanol–water partition coefficient (Wildman–Crippen LogP) is 1.03. The number of rotatable bonds is 2. The van der Waals surface area contributed by atoms with Crippen LogP contribution in [-0.4, -0.2) is 15.7 Å². The third-order valence-electron chi connectivity index (χ3n) is 1.61. The number of amides is 1. The summed E-state index contributed by atoms with van der Waals surface area (Å²) in [5.74, 6) is -0.467. The second-order valence-corrected chi connectivity index (χ2v) is 3.37. The molecule has 2 aromatic heterocycles. The van der Waals surface area contributed by atoms with Gasteiger partial charge < -0.3 is 5.73 Å². The minimum absolute atomic E-state index is 0.405. The third kappa shape index (κ3) is 1.33. The highest BCUT2D eigenvalue weighted by Gasteiger charge is 2.09. The number of nitrogens with two attached hydrogens (primary N) is 1. The van der Waals surface area contributed by atoms with Crippen molar-refractivity contribution in [2.24, 2.45) is 5.73 Å². The molecule has 2 heterocycles. The van der Waals surface area contributed by atoms with E-state index >= 15 is 0 Å². The average Bonchev–Trinajstić information content (AvgIpc) is 2.74. The molecule has 1 amide bonds. The lowest BCUT2D eigenvalue weighted by atomic mass is 10.4. The lowest BCUT2D eigenvalue weighted by Gasteiger charge is -1.99. The Balaban J connectivity index is 2.52. The molecule has 13 heavy (non-hydrogen) atoms. The summed E-state index contributed by atoms with van der Waals surface area (Å²) >= 11 is 1.50. The van der Waals surface area contributed by atoms with Crippen molar-refractivity contribution in [3.05, 3.63) is 35.5 Å². The molecule has 0 spiro atoms. The monoisotopic (exact) mass is 193 g/mol. The fourth-order valence-corrected chi connectivity index (χ4v) is 1.75. The molecule has 0 aliphatic heterocycles. The highest BCUT2D eigenvalue weighted by Crippen LogP contribution is 2.15. The average molecular weight is 193 g/mol. The van der Waals surface area contributed by atoms with E-state index in [1.165, 1.54) is 16.0 Å². The van der Waals surface area contributed by atoms with E-state index in [0.29, 0.717) is 5.69 Å². The van der Waals surface area contributed by atoms with Gasteiger partial charge in [0.05, 0.1) is 6.20 Å². The predicted molar refractivity (Wildman–Crippen MR) is 50.0 cm³/mol. The molecule has 0 unspecified atom stereocenters. The SMILES string of the molecule is NC(=O)c1ccnn1-c1cccs1. The van der Waals surface area contributed by atoms with Crippen molar-refractivity contribution in [2.75, 3.05) is 0 Å². The molecular weight excluding hydrogens is 186 g/mol. The zero-order valence-corrected chi connectivity index (χ0v) is 7.49. The molecule has 0 radical (unpaired) electrons. The van der Waals surface area contributed by atoms with E-state index < -0.39 is 5.91 Å². The maximum absolute atomic E-state index is 10.9. The smallest absolute Gasteiger partial charge is 0.267 e. The van der Waals surface area contributed by atoms with E-state index in [9.17, 15) is 4.79 Å². The van der Waals surface area contributed by atoms with E-state index in [4.69, 9.17) is 5.73 Å². The lowest BCUT2D eigenvalue weighted by molar-refractivity contribution is 0.0993. The Morgan fingerprint density at radius 2 is 2.38 bits per heavy atom. The molecule has 4 nitrogen and oxygen atoms in total. The number of thiophene rings is 1. The van der Waals surface area contributed by atoms with Crippen LogP contribution < -0.4 is 5.73 Å². The van der Waals surface area contributed by atoms with Crippen LogP contribution in [-0.2, 0) is 0 Å². The molecule has 0 atom stereocenters. The largest absolute Gasteiger partial charge is 0.364 e. The number of hydrogen-bond donors (Lipinski definition) is 1. The summed E-state index contributed by atoms with van der Waals surface area (Å²) < 4.78 is 1.53. The van der Waals surface area contributed by atoms with Crippen molar-refractivity contribution >= 4 is 17.2 Å². The van der Waals surface area contributed by atoms with Gasteiger partial charge in [0.25, 0.3) is 5.91 Å². The molecule has 0 fully saturated rings. The van der Waals surface area contributed by atoms with Gasteiger partial charge in [-0.1, -0.05) is 0 Å². The number of carbonyl (C=O) groups excluding carboxylic acids is 1. The summed E-state index contributed by atoms with van der Waals surface area (Å²) in [7, 11) is 0. The Morgan fingerprint density at radius 1 is 1.54 bits per heavy atom. The first-order valence-corrected chi connectivity index (χ1v) is 4.55. The van der Waals surface area contributed by atoms with Gasteiger partial charge in [0.2, 0.25) is 0 Å². The fourth-order valence-electron chi connectivity index (χ4n) is 1.06. The van der Waals surface area contributed by atoms with Gasteiger partial charge in [-0.15, -0.1) is 11.3 Å². The Morgan fingerprint density at radius 3 is 3.00 bits per heavy atom. The Hall–Kier alpha value is -1.62. The Labute approximate surface area is 78.6 Å². The van der Waals surface area contributed by atoms with Crippen LogP contribution in [0.15, 0.2) is 29.8 Å². The topological polar surface area (TPSA) is 60.9 Å². The highest BCUT2D eigenvalue weighted by atomic mass is 32.1. The van der Waals surface area contributed by atoms with Gasteiger partial charge in [-0.2, -0.15) is 5.10 Å². The molecular formula is C8H7N3OS. The molecule has 0 aliphatic rings. The van der Waals surface area contributed by atoms with Crippen LogP contribution in [0.3, 0.4) is 0 Å². The summed E-state index contributed by atoms with van der Waals surface area (Å²) in [5, 5.41) is 6.81. The highest BCUT2D eigenvalue weighted by molar-refractivity contribution is 7.12. The van der Waals surface area contributed by atoms with Crippen LogP contribution in [0, 0.1) is 0 Å². The van der Waals surface area contributed by atoms with E-state index in [1.54, 1.807) is 12.3 Å². The van der Waals surface area contributed by atoms with Gasteiger partial charge in [0.15, 0.2) is 0 Å². The first-order valence-electron chi connectivity index (χ1n) is 3.67. The minimum Gasteiger partial charge on any atom is -0.364 e. The van der Waals surface area contributed by atoms with E-state index in [0.717, 1.165) is 5.00 Å². The van der Waals surface area contributed by atoms with Crippen LogP contribution >= 0.6 is 11.3 Å². The lowest BCUT2D eigenvalue weighted by Crippen LogP contribution is -2.16. The number of hydrogen-bond acceptors (Lipinski definition) is 3. The normalized spacial score (nSPS) is 10.2. The van der Waals surface area contributed by atoms with E-state index in [2.05, 4.69) is 5.10 Å². The fraction of sp³-hybridized carbons (Fsp3) is 0. The van der Waals surface area contributed by atoms with Crippen molar-refractivity contribution in [3.63, 3.8) is 0 Å². The van der Waals surface area contributed by atoms with Gasteiger partial charge in [-0.3, -0.25) is 4.79 Å². The maximum atomic E-state index is 10.9. The standard InChI is InChI=1S/C8H7N3OS/c9-8(12)6-3-4-10-11(6)7-2-1-5-13-7/h1-5H,(H2,9,12). The van der Waals surface area contributed by atoms with Crippen LogP contribution in [0.25, 0.3) is 5.00 Å². The zero-order valence-electron chi connectivity index (χ0n) is 6.68. The number of aromatic nitrogens is 2. The first-order chi connectivity index (χ1) is 6.29. The Bertz CT molecular complexity index is 418. The van der Waals surface area contributed by atoms with Gasteiger partial charge >= 0.3 is 0 Å². The number of nitrogens with zero attached hydrogens (tertiary/aromatic N) is 2. The van der Waals surface area contributed by atoms with Crippen molar-refractivity contribution in [1.29, 1.82) is 0 Å². The van der Waals surface area contributed by atoms with Crippen molar-refractivity contribution in [2.45, 2.75) is 0 Å². The van der Waals surface area contributed by atoms with Gasteiger partial charge in [-0.25, -0.2) is 4.68 Å². The van der Waals surface area contributed by atoms with Crippen molar-refractivity contribution < 1.29 is 4.79 Å². The van der Waals surface area contributed by atoms with Crippen LogP contribution in [0.4, 0.5) is 0 Å².